The van der Waals surface area contributed by atoms with Crippen molar-refractivity contribution in [2.24, 2.45) is 0 Å². The molecule has 1 N–H and O–H groups in total. The van der Waals surface area contributed by atoms with Crippen molar-refractivity contribution in [1.82, 2.24) is 0 Å². The van der Waals surface area contributed by atoms with Crippen LogP contribution in [-0.4, -0.2) is 6.26 Å². The average molecular weight is 354 g/mol. The Labute approximate surface area is 129 Å². The third-order valence-electron chi connectivity index (χ3n) is 2.56. The van der Waals surface area contributed by atoms with E-state index in [1.807, 2.05) is 36.6 Å². The summed E-state index contributed by atoms with van der Waals surface area (Å²) in [6.45, 7) is 0. The lowest BCUT2D eigenvalue weighted by atomic mass is 10.2. The Morgan fingerprint density at radius 1 is 1.26 bits per heavy atom. The summed E-state index contributed by atoms with van der Waals surface area (Å²) in [6.07, 6.45) is 1.95. The predicted molar refractivity (Wildman–Crippen MR) is 85.4 cm³/mol. The van der Waals surface area contributed by atoms with Crippen molar-refractivity contribution in [3.8, 4) is 6.07 Å². The fourth-order valence-electron chi connectivity index (χ4n) is 1.66. The van der Waals surface area contributed by atoms with E-state index in [0.717, 1.165) is 20.7 Å². The molecule has 2 rings (SSSR count). The van der Waals surface area contributed by atoms with Gasteiger partial charge in [-0.3, -0.25) is 0 Å². The van der Waals surface area contributed by atoms with Gasteiger partial charge in [0, 0.05) is 9.37 Å². The molecule has 0 amide bonds. The summed E-state index contributed by atoms with van der Waals surface area (Å²) in [5, 5.41) is 13.1. The fourth-order valence-corrected chi connectivity index (χ4v) is 2.76. The molecule has 96 valence electrons. The largest absolute Gasteiger partial charge is 0.353 e. The Balaban J connectivity index is 2.44. The van der Waals surface area contributed by atoms with Crippen LogP contribution in [0, 0.1) is 11.3 Å². The zero-order valence-corrected chi connectivity index (χ0v) is 13.2. The lowest BCUT2D eigenvalue weighted by molar-refractivity contribution is 1.36. The normalized spacial score (nSPS) is 10.0. The molecule has 0 spiro atoms. The number of halogens is 2. The van der Waals surface area contributed by atoms with Gasteiger partial charge in [0.25, 0.3) is 0 Å². The first-order valence-corrected chi connectivity index (χ1v) is 7.84. The van der Waals surface area contributed by atoms with Crippen LogP contribution in [0.3, 0.4) is 0 Å². The highest BCUT2D eigenvalue weighted by Gasteiger charge is 2.09. The van der Waals surface area contributed by atoms with Crippen molar-refractivity contribution in [3.05, 3.63) is 51.5 Å². The second kappa shape index (κ2) is 6.33. The molecule has 0 saturated carbocycles. The van der Waals surface area contributed by atoms with E-state index in [1.165, 1.54) is 0 Å². The van der Waals surface area contributed by atoms with E-state index in [2.05, 4.69) is 27.3 Å². The molecule has 19 heavy (non-hydrogen) atoms. The SMILES string of the molecule is CSc1cccc(Nc2cc(Br)ccc2Cl)c1C#N. The number of hydrogen-bond acceptors (Lipinski definition) is 3. The van der Waals surface area contributed by atoms with Crippen LogP contribution in [0.15, 0.2) is 45.8 Å². The highest BCUT2D eigenvalue weighted by atomic mass is 79.9. The van der Waals surface area contributed by atoms with Crippen molar-refractivity contribution in [1.29, 1.82) is 5.26 Å². The highest BCUT2D eigenvalue weighted by Crippen LogP contribution is 2.32. The van der Waals surface area contributed by atoms with Crippen LogP contribution in [0.5, 0.6) is 0 Å². The molecule has 0 saturated heterocycles. The number of rotatable bonds is 3. The second-order valence-corrected chi connectivity index (χ2v) is 5.91. The zero-order valence-electron chi connectivity index (χ0n) is 10.1. The number of nitrogens with zero attached hydrogens (tertiary/aromatic N) is 1. The summed E-state index contributed by atoms with van der Waals surface area (Å²) in [7, 11) is 0. The van der Waals surface area contributed by atoms with E-state index in [9.17, 15) is 5.26 Å². The molecule has 0 aliphatic carbocycles. The van der Waals surface area contributed by atoms with Gasteiger partial charge >= 0.3 is 0 Å². The summed E-state index contributed by atoms with van der Waals surface area (Å²) in [5.41, 5.74) is 2.16. The first-order chi connectivity index (χ1) is 9.15. The van der Waals surface area contributed by atoms with Crippen LogP contribution in [0.2, 0.25) is 5.02 Å². The third-order valence-corrected chi connectivity index (χ3v) is 4.16. The Morgan fingerprint density at radius 2 is 2.05 bits per heavy atom. The smallest absolute Gasteiger partial charge is 0.103 e. The van der Waals surface area contributed by atoms with Gasteiger partial charge in [-0.2, -0.15) is 5.26 Å². The summed E-state index contributed by atoms with van der Waals surface area (Å²) < 4.78 is 0.930. The second-order valence-electron chi connectivity index (χ2n) is 3.74. The maximum atomic E-state index is 9.29. The van der Waals surface area contributed by atoms with Crippen LogP contribution < -0.4 is 5.32 Å². The molecule has 0 aliphatic rings. The van der Waals surface area contributed by atoms with Crippen molar-refractivity contribution < 1.29 is 0 Å². The van der Waals surface area contributed by atoms with E-state index in [1.54, 1.807) is 17.8 Å². The van der Waals surface area contributed by atoms with Crippen LogP contribution in [0.25, 0.3) is 0 Å². The average Bonchev–Trinajstić information content (AvgIpc) is 2.42. The molecule has 0 aromatic heterocycles. The quantitative estimate of drug-likeness (QED) is 0.746. The summed E-state index contributed by atoms with van der Waals surface area (Å²) >= 11 is 11.1. The Kier molecular flexibility index (Phi) is 4.76. The number of benzene rings is 2. The minimum absolute atomic E-state index is 0.613. The minimum atomic E-state index is 0.613. The molecule has 0 bridgehead atoms. The van der Waals surface area contributed by atoms with Gasteiger partial charge in [-0.25, -0.2) is 0 Å². The molecule has 0 heterocycles. The van der Waals surface area contributed by atoms with Gasteiger partial charge in [0.05, 0.1) is 22.0 Å². The minimum Gasteiger partial charge on any atom is -0.353 e. The van der Waals surface area contributed by atoms with Crippen molar-refractivity contribution in [2.45, 2.75) is 4.90 Å². The molecule has 0 aliphatic heterocycles. The molecule has 5 heteroatoms. The lowest BCUT2D eigenvalue weighted by Gasteiger charge is -2.12. The van der Waals surface area contributed by atoms with Crippen LogP contribution in [0.1, 0.15) is 5.56 Å². The maximum Gasteiger partial charge on any atom is 0.103 e. The topological polar surface area (TPSA) is 35.8 Å². The molecule has 2 nitrogen and oxygen atoms in total. The standard InChI is InChI=1S/C14H10BrClN2S/c1-19-14-4-2-3-12(10(14)8-17)18-13-7-9(15)5-6-11(13)16/h2-7,18H,1H3. The number of anilines is 2. The maximum absolute atomic E-state index is 9.29. The molecular weight excluding hydrogens is 344 g/mol. The monoisotopic (exact) mass is 352 g/mol. The van der Waals surface area contributed by atoms with E-state index in [-0.39, 0.29) is 0 Å². The predicted octanol–water partition coefficient (Wildman–Crippen LogP) is 5.44. The van der Waals surface area contributed by atoms with E-state index < -0.39 is 0 Å². The summed E-state index contributed by atoms with van der Waals surface area (Å²) in [4.78, 5) is 0.943. The van der Waals surface area contributed by atoms with E-state index in [4.69, 9.17) is 11.6 Å². The van der Waals surface area contributed by atoms with E-state index in [0.29, 0.717) is 10.6 Å². The Bertz CT molecular complexity index is 652. The molecule has 2 aromatic carbocycles. The third kappa shape index (κ3) is 3.24. The Morgan fingerprint density at radius 3 is 2.74 bits per heavy atom. The molecule has 0 radical (unpaired) electrons. The first-order valence-electron chi connectivity index (χ1n) is 5.45. The number of hydrogen-bond donors (Lipinski definition) is 1. The highest BCUT2D eigenvalue weighted by molar-refractivity contribution is 9.10. The van der Waals surface area contributed by atoms with Crippen molar-refractivity contribution in [3.63, 3.8) is 0 Å². The van der Waals surface area contributed by atoms with Gasteiger partial charge in [0.15, 0.2) is 0 Å². The van der Waals surface area contributed by atoms with Crippen molar-refractivity contribution in [2.75, 3.05) is 11.6 Å². The lowest BCUT2D eigenvalue weighted by Crippen LogP contribution is -1.95. The van der Waals surface area contributed by atoms with Gasteiger partial charge in [0.2, 0.25) is 0 Å². The zero-order chi connectivity index (χ0) is 13.8. The van der Waals surface area contributed by atoms with E-state index >= 15 is 0 Å². The van der Waals surface area contributed by atoms with Crippen LogP contribution in [-0.2, 0) is 0 Å². The number of thioether (sulfide) groups is 1. The number of nitriles is 1. The van der Waals surface area contributed by atoms with Crippen molar-refractivity contribution >= 4 is 50.7 Å². The fraction of sp³-hybridized carbons (Fsp3) is 0.0714. The van der Waals surface area contributed by atoms with Crippen LogP contribution in [0.4, 0.5) is 11.4 Å². The molecule has 0 unspecified atom stereocenters. The van der Waals surface area contributed by atoms with Gasteiger partial charge in [-0.1, -0.05) is 33.6 Å². The molecule has 0 atom stereocenters. The van der Waals surface area contributed by atoms with Crippen LogP contribution >= 0.6 is 39.3 Å². The summed E-state index contributed by atoms with van der Waals surface area (Å²) in [6, 6.07) is 13.5. The van der Waals surface area contributed by atoms with Gasteiger partial charge in [-0.15, -0.1) is 11.8 Å². The molecular formula is C14H10BrClN2S. The first kappa shape index (κ1) is 14.3. The summed E-state index contributed by atoms with van der Waals surface area (Å²) in [5.74, 6) is 0. The van der Waals surface area contributed by atoms with Gasteiger partial charge < -0.3 is 5.32 Å². The molecule has 2 aromatic rings. The van der Waals surface area contributed by atoms with Gasteiger partial charge in [0.1, 0.15) is 6.07 Å². The Hall–Kier alpha value is -1.15. The molecule has 0 fully saturated rings. The van der Waals surface area contributed by atoms with Gasteiger partial charge in [-0.05, 0) is 36.6 Å². The number of nitrogens with one attached hydrogen (secondary N) is 1.